The molecule has 4 rings (SSSR count). The van der Waals surface area contributed by atoms with Gasteiger partial charge in [0, 0.05) is 58.2 Å². The Balaban J connectivity index is 1.35. The minimum absolute atomic E-state index is 0.0325. The summed E-state index contributed by atoms with van der Waals surface area (Å²) in [5.74, 6) is 2.33. The third-order valence-electron chi connectivity index (χ3n) is 6.81. The molecule has 1 fully saturated rings. The predicted octanol–water partition coefficient (Wildman–Crippen LogP) is 4.74. The van der Waals surface area contributed by atoms with Crippen LogP contribution in [0.1, 0.15) is 42.7 Å². The van der Waals surface area contributed by atoms with Crippen LogP contribution in [0.4, 0.5) is 5.69 Å². The quantitative estimate of drug-likeness (QED) is 0.478. The summed E-state index contributed by atoms with van der Waals surface area (Å²) in [6.45, 7) is 11.5. The molecule has 1 aromatic heterocycles. The Morgan fingerprint density at radius 1 is 0.909 bits per heavy atom. The Bertz CT molecular complexity index is 902. The zero-order valence-electron chi connectivity index (χ0n) is 20.3. The first-order valence-corrected chi connectivity index (χ1v) is 14.3. The maximum atomic E-state index is 13.5. The van der Waals surface area contributed by atoms with Crippen LogP contribution in [0.3, 0.4) is 0 Å². The van der Waals surface area contributed by atoms with Gasteiger partial charge in [0.05, 0.1) is 11.3 Å². The number of piperazine rings is 1. The fourth-order valence-corrected chi connectivity index (χ4v) is 8.43. The van der Waals surface area contributed by atoms with Crippen molar-refractivity contribution in [1.29, 1.82) is 0 Å². The lowest BCUT2D eigenvalue weighted by molar-refractivity contribution is 0.0752. The second-order valence-corrected chi connectivity index (χ2v) is 12.3. The summed E-state index contributed by atoms with van der Waals surface area (Å²) in [6.07, 6.45) is 4.11. The Morgan fingerprint density at radius 2 is 1.61 bits per heavy atom. The van der Waals surface area contributed by atoms with Crippen LogP contribution in [0.15, 0.2) is 42.6 Å². The third kappa shape index (κ3) is 5.41. The van der Waals surface area contributed by atoms with E-state index in [1.807, 2.05) is 29.6 Å². The number of amides is 1. The van der Waals surface area contributed by atoms with E-state index in [1.54, 1.807) is 0 Å². The number of hydrogen-bond donors (Lipinski definition) is 0. The smallest absolute Gasteiger partial charge is 0.255 e. The molecule has 0 atom stereocenters. The van der Waals surface area contributed by atoms with Gasteiger partial charge in [-0.25, -0.2) is 0 Å². The van der Waals surface area contributed by atoms with E-state index in [4.69, 9.17) is 0 Å². The molecule has 2 aliphatic heterocycles. The number of rotatable bonds is 9. The molecule has 180 valence electrons. The van der Waals surface area contributed by atoms with E-state index in [1.165, 1.54) is 11.4 Å². The number of fused-ring (bicyclic) bond motifs is 1. The molecule has 1 saturated heterocycles. The maximum Gasteiger partial charge on any atom is 0.255 e. The van der Waals surface area contributed by atoms with E-state index in [0.29, 0.717) is 0 Å². The highest BCUT2D eigenvalue weighted by molar-refractivity contribution is 8.17. The Hall–Kier alpha value is -1.57. The first-order chi connectivity index (χ1) is 16.1. The topological polar surface area (TPSA) is 31.7 Å². The molecule has 0 saturated carbocycles. The monoisotopic (exact) mass is 486 g/mol. The summed E-state index contributed by atoms with van der Waals surface area (Å²) < 4.78 is 2.16. The number of benzene rings is 1. The zero-order chi connectivity index (χ0) is 23.3. The number of thioether (sulfide) groups is 2. The summed E-state index contributed by atoms with van der Waals surface area (Å²) in [5.41, 5.74) is 3.45. The molecule has 0 radical (unpaired) electrons. The Kier molecular flexibility index (Phi) is 8.36. The highest BCUT2D eigenvalue weighted by atomic mass is 32.2. The molecular formula is C26H38N4OS2. The number of nitrogens with zero attached hydrogens (tertiary/aromatic N) is 4. The summed E-state index contributed by atoms with van der Waals surface area (Å²) >= 11 is 4.00. The van der Waals surface area contributed by atoms with Crippen molar-refractivity contribution < 1.29 is 4.79 Å². The Morgan fingerprint density at radius 3 is 2.27 bits per heavy atom. The molecule has 0 aliphatic carbocycles. The molecule has 7 heteroatoms. The minimum Gasteiger partial charge on any atom is -0.369 e. The Labute approximate surface area is 207 Å². The summed E-state index contributed by atoms with van der Waals surface area (Å²) in [7, 11) is 2.10. The molecule has 1 aromatic carbocycles. The summed E-state index contributed by atoms with van der Waals surface area (Å²) in [6, 6.07) is 12.8. The molecule has 2 aromatic rings. The van der Waals surface area contributed by atoms with Crippen LogP contribution in [-0.4, -0.2) is 77.6 Å². The van der Waals surface area contributed by atoms with E-state index in [2.05, 4.69) is 76.7 Å². The van der Waals surface area contributed by atoms with Gasteiger partial charge in [-0.15, -0.1) is 23.5 Å². The molecule has 0 bridgehead atoms. The van der Waals surface area contributed by atoms with Gasteiger partial charge in [-0.05, 0) is 49.1 Å². The fourth-order valence-electron chi connectivity index (χ4n) is 5.20. The van der Waals surface area contributed by atoms with Crippen molar-refractivity contribution in [3.63, 3.8) is 0 Å². The zero-order valence-corrected chi connectivity index (χ0v) is 22.0. The van der Waals surface area contributed by atoms with E-state index in [-0.39, 0.29) is 9.99 Å². The molecule has 1 amide bonds. The second-order valence-electron chi connectivity index (χ2n) is 8.87. The van der Waals surface area contributed by atoms with Crippen molar-refractivity contribution in [1.82, 2.24) is 14.4 Å². The van der Waals surface area contributed by atoms with Crippen LogP contribution < -0.4 is 4.90 Å². The van der Waals surface area contributed by atoms with Crippen molar-refractivity contribution in [2.75, 3.05) is 62.2 Å². The van der Waals surface area contributed by atoms with Gasteiger partial charge in [-0.1, -0.05) is 32.0 Å². The van der Waals surface area contributed by atoms with Crippen molar-refractivity contribution in [3.05, 3.63) is 53.9 Å². The van der Waals surface area contributed by atoms with E-state index >= 15 is 0 Å². The summed E-state index contributed by atoms with van der Waals surface area (Å²) in [5, 5.41) is 0. The number of hydrogen-bond acceptors (Lipinski definition) is 5. The van der Waals surface area contributed by atoms with Crippen LogP contribution in [0.25, 0.3) is 0 Å². The number of carbonyl (C=O) groups is 1. The number of carbonyl (C=O) groups excluding carboxylic acids is 1. The predicted molar refractivity (Wildman–Crippen MR) is 144 cm³/mol. The first-order valence-electron chi connectivity index (χ1n) is 12.3. The highest BCUT2D eigenvalue weighted by Crippen LogP contribution is 2.51. The van der Waals surface area contributed by atoms with Gasteiger partial charge in [0.15, 0.2) is 0 Å². The van der Waals surface area contributed by atoms with Crippen LogP contribution in [0.2, 0.25) is 0 Å². The molecular weight excluding hydrogens is 448 g/mol. The van der Waals surface area contributed by atoms with Gasteiger partial charge in [-0.3, -0.25) is 9.69 Å². The molecule has 3 heterocycles. The molecule has 33 heavy (non-hydrogen) atoms. The van der Waals surface area contributed by atoms with Gasteiger partial charge in [0.25, 0.3) is 5.91 Å². The second kappa shape index (κ2) is 11.2. The van der Waals surface area contributed by atoms with E-state index in [0.717, 1.165) is 75.7 Å². The average molecular weight is 487 g/mol. The molecule has 0 unspecified atom stereocenters. The lowest BCUT2D eigenvalue weighted by Gasteiger charge is -2.36. The number of aryl methyl sites for hydroxylation is 1. The van der Waals surface area contributed by atoms with Crippen molar-refractivity contribution >= 4 is 35.1 Å². The average Bonchev–Trinajstić information content (AvgIpc) is 3.19. The van der Waals surface area contributed by atoms with Gasteiger partial charge in [-0.2, -0.15) is 0 Å². The van der Waals surface area contributed by atoms with E-state index < -0.39 is 0 Å². The number of anilines is 1. The third-order valence-corrected chi connectivity index (χ3v) is 9.82. The standard InChI is InChI=1S/C26H38N4OS2/c1-4-32-26(33-5-2)13-17-30(25(31)23-12-16-27(3)24(23)26)15-9-14-28-18-20-29(21-19-28)22-10-7-6-8-11-22/h6-8,10-12,16H,4-5,9,13-15,17-21H2,1-3H3. The maximum absolute atomic E-state index is 13.5. The molecule has 0 spiro atoms. The van der Waals surface area contributed by atoms with Crippen LogP contribution in [-0.2, 0) is 11.1 Å². The van der Waals surface area contributed by atoms with Gasteiger partial charge in [0.1, 0.15) is 4.08 Å². The lowest BCUT2D eigenvalue weighted by Crippen LogP contribution is -2.47. The SMILES string of the molecule is CCSC1(SCC)CCN(CCCN2CCN(c3ccccc3)CC2)C(=O)c2ccn(C)c21. The van der Waals surface area contributed by atoms with Crippen LogP contribution in [0.5, 0.6) is 0 Å². The molecule has 2 aliphatic rings. The normalized spacial score (nSPS) is 18.9. The minimum atomic E-state index is -0.0325. The van der Waals surface area contributed by atoms with E-state index in [9.17, 15) is 4.79 Å². The van der Waals surface area contributed by atoms with Crippen LogP contribution >= 0.6 is 23.5 Å². The largest absolute Gasteiger partial charge is 0.369 e. The van der Waals surface area contributed by atoms with Crippen molar-refractivity contribution in [2.45, 2.75) is 30.8 Å². The summed E-state index contributed by atoms with van der Waals surface area (Å²) in [4.78, 5) is 20.7. The van der Waals surface area contributed by atoms with Gasteiger partial charge in [0.2, 0.25) is 0 Å². The van der Waals surface area contributed by atoms with Crippen molar-refractivity contribution in [3.8, 4) is 0 Å². The lowest BCUT2D eigenvalue weighted by atomic mass is 10.1. The molecule has 5 nitrogen and oxygen atoms in total. The molecule has 0 N–H and O–H groups in total. The van der Waals surface area contributed by atoms with Gasteiger partial charge < -0.3 is 14.4 Å². The number of para-hydroxylation sites is 1. The van der Waals surface area contributed by atoms with Crippen molar-refractivity contribution in [2.24, 2.45) is 7.05 Å². The van der Waals surface area contributed by atoms with Crippen LogP contribution in [0, 0.1) is 0 Å². The fraction of sp³-hybridized carbons (Fsp3) is 0.577. The number of aromatic nitrogens is 1. The highest BCUT2D eigenvalue weighted by Gasteiger charge is 2.42. The first kappa shape index (κ1) is 24.6. The van der Waals surface area contributed by atoms with Gasteiger partial charge >= 0.3 is 0 Å².